The van der Waals surface area contributed by atoms with Crippen LogP contribution in [0.1, 0.15) is 105 Å². The average molecular weight is 1250 g/mol. The first kappa shape index (κ1) is 54.4. The van der Waals surface area contributed by atoms with E-state index in [-0.39, 0.29) is 42.7 Å². The van der Waals surface area contributed by atoms with Crippen LogP contribution < -0.4 is 9.64 Å². The summed E-state index contributed by atoms with van der Waals surface area (Å²) in [5.74, 6) is 2.52. The van der Waals surface area contributed by atoms with Crippen molar-refractivity contribution in [2.24, 2.45) is 0 Å². The number of anilines is 2. The van der Waals surface area contributed by atoms with Crippen molar-refractivity contribution in [3.8, 4) is 39.6 Å². The van der Waals surface area contributed by atoms with Gasteiger partial charge in [0.1, 0.15) is 5.82 Å². The van der Waals surface area contributed by atoms with Crippen LogP contribution in [0, 0.1) is 18.8 Å². The number of hydrogen-bond acceptors (Lipinski definition) is 4. The fraction of sp³-hybridized carbons (Fsp3) is 0.213. The number of aromatic nitrogens is 4. The molecule has 0 amide bonds. The van der Waals surface area contributed by atoms with E-state index in [9.17, 15) is 0 Å². The maximum atomic E-state index is 6.80. The van der Waals surface area contributed by atoms with Gasteiger partial charge in [-0.25, -0.2) is 4.98 Å². The minimum atomic E-state index is -0.143. The number of benzene rings is 8. The third kappa shape index (κ3) is 9.59. The van der Waals surface area contributed by atoms with Crippen LogP contribution in [-0.4, -0.2) is 19.1 Å². The standard InChI is InChI=1S/C75H68N5O.Pt/c1-72(2,3)50-33-35-77-69(43-50)80-65-29-18-17-25-61(65)62-32-31-54(44-67(62)80)81-55-34-36-76-68(45-55)78-46-79-70-56(49-37-47(38-51(41-49)73(4,5)6)48-39-52(74(7,8)9)42-53(40-48)75(10,11)12)26-19-27-63(70)59-23-15-13-21-57(59)58-22-14-16-24-60(58)64-28-20-30-66(78)71(64)79;/h13-43,46H,1-12H3;/q-3;. The molecule has 0 fully saturated rings. The summed E-state index contributed by atoms with van der Waals surface area (Å²) in [5.41, 5.74) is 14.7. The second-order valence-electron chi connectivity index (χ2n) is 26.1. The van der Waals surface area contributed by atoms with E-state index in [0.29, 0.717) is 17.3 Å². The van der Waals surface area contributed by atoms with Crippen LogP contribution in [0.3, 0.4) is 0 Å². The normalized spacial score (nSPS) is 12.9. The minimum Gasteiger partial charge on any atom is -0.521 e. The van der Waals surface area contributed by atoms with E-state index in [2.05, 4.69) is 280 Å². The molecule has 13 rings (SSSR count). The Labute approximate surface area is 497 Å². The predicted octanol–water partition coefficient (Wildman–Crippen LogP) is 20.1. The number of fused-ring (bicyclic) bond motifs is 10. The molecule has 0 bridgehead atoms. The molecule has 4 aromatic heterocycles. The SMILES string of the molecule is CC(C)(C)c1cc(-c2cc(C(C)(C)C)cc(C(C)(C)C)c2)cc(-c2cccc3c4ccccc4c4ccccc4c4cccc5c4n(c23)[CH-]N5c2[c-]c(Oc3[c-]c4c(cc3)c3ccccc3n4-c3cc(C(C)(C)C)ccn3)ccn2)c1.[Pt]. The summed E-state index contributed by atoms with van der Waals surface area (Å²) < 4.78 is 11.4. The van der Waals surface area contributed by atoms with Gasteiger partial charge in [0.25, 0.3) is 0 Å². The molecule has 0 spiro atoms. The van der Waals surface area contributed by atoms with Crippen LogP contribution >= 0.6 is 0 Å². The van der Waals surface area contributed by atoms with Gasteiger partial charge in [0.05, 0.1) is 0 Å². The van der Waals surface area contributed by atoms with Gasteiger partial charge in [0.15, 0.2) is 0 Å². The van der Waals surface area contributed by atoms with E-state index in [0.717, 1.165) is 77.0 Å². The first-order valence-corrected chi connectivity index (χ1v) is 28.4. The quantitative estimate of drug-likeness (QED) is 0.156. The molecule has 0 N–H and O–H groups in total. The van der Waals surface area contributed by atoms with E-state index in [1.807, 2.05) is 24.5 Å². The summed E-state index contributed by atoms with van der Waals surface area (Å²) in [6, 6.07) is 71.8. The Morgan fingerprint density at radius 2 is 0.927 bits per heavy atom. The summed E-state index contributed by atoms with van der Waals surface area (Å²) in [7, 11) is 0. The Balaban J connectivity index is 0.00000665. The van der Waals surface area contributed by atoms with Crippen molar-refractivity contribution >= 4 is 76.7 Å². The molecule has 0 radical (unpaired) electrons. The number of rotatable bonds is 6. The molecule has 7 heteroatoms. The van der Waals surface area contributed by atoms with Crippen molar-refractivity contribution in [1.29, 1.82) is 0 Å². The Morgan fingerprint density at radius 3 is 1.56 bits per heavy atom. The van der Waals surface area contributed by atoms with Crippen molar-refractivity contribution in [2.45, 2.75) is 105 Å². The number of para-hydroxylation sites is 3. The third-order valence-corrected chi connectivity index (χ3v) is 16.4. The molecule has 5 heterocycles. The van der Waals surface area contributed by atoms with E-state index >= 15 is 0 Å². The Morgan fingerprint density at radius 1 is 0.415 bits per heavy atom. The van der Waals surface area contributed by atoms with Gasteiger partial charge in [-0.05, 0) is 158 Å². The molecule has 1 aliphatic rings. The number of hydrogen-bond donors (Lipinski definition) is 0. The molecule has 0 saturated heterocycles. The van der Waals surface area contributed by atoms with Gasteiger partial charge < -0.3 is 18.8 Å². The summed E-state index contributed by atoms with van der Waals surface area (Å²) >= 11 is 0. The van der Waals surface area contributed by atoms with E-state index in [4.69, 9.17) is 14.7 Å². The molecule has 6 nitrogen and oxygen atoms in total. The van der Waals surface area contributed by atoms with Gasteiger partial charge in [-0.2, -0.15) is 18.2 Å². The topological polar surface area (TPSA) is 48.1 Å². The summed E-state index contributed by atoms with van der Waals surface area (Å²) in [6.45, 7) is 29.8. The molecular weight excluding hydrogens is 1180 g/mol. The third-order valence-electron chi connectivity index (χ3n) is 16.4. The zero-order chi connectivity index (χ0) is 56.3. The van der Waals surface area contributed by atoms with Crippen LogP contribution in [0.25, 0.3) is 93.2 Å². The zero-order valence-electron chi connectivity index (χ0n) is 48.9. The molecule has 1 aliphatic heterocycles. The number of ether oxygens (including phenoxy) is 1. The second-order valence-corrected chi connectivity index (χ2v) is 26.1. The van der Waals surface area contributed by atoms with Crippen molar-refractivity contribution in [2.75, 3.05) is 4.90 Å². The van der Waals surface area contributed by atoms with Crippen LogP contribution in [0.15, 0.2) is 188 Å². The van der Waals surface area contributed by atoms with Gasteiger partial charge in [-0.1, -0.05) is 222 Å². The maximum Gasteiger partial charge on any atom is 0.135 e. The summed E-state index contributed by atoms with van der Waals surface area (Å²) in [5, 5.41) is 9.11. The monoisotopic (exact) mass is 1250 g/mol. The van der Waals surface area contributed by atoms with Gasteiger partial charge in [-0.15, -0.1) is 17.5 Å². The molecule has 12 aromatic rings. The smallest absolute Gasteiger partial charge is 0.135 e. The molecule has 0 aliphatic carbocycles. The first-order valence-electron chi connectivity index (χ1n) is 28.4. The molecule has 82 heavy (non-hydrogen) atoms. The molecule has 8 aromatic carbocycles. The Hall–Kier alpha value is -8.18. The van der Waals surface area contributed by atoms with Gasteiger partial charge in [0, 0.05) is 50.0 Å². The number of nitrogens with zero attached hydrogens (tertiary/aromatic N) is 5. The molecule has 0 unspecified atom stereocenters. The van der Waals surface area contributed by atoms with Crippen molar-refractivity contribution < 1.29 is 25.8 Å². The van der Waals surface area contributed by atoms with Crippen LogP contribution in [0.5, 0.6) is 11.5 Å². The maximum absolute atomic E-state index is 6.80. The fourth-order valence-electron chi connectivity index (χ4n) is 11.8. The van der Waals surface area contributed by atoms with Crippen molar-refractivity contribution in [3.63, 3.8) is 0 Å². The molecule has 0 saturated carbocycles. The van der Waals surface area contributed by atoms with Gasteiger partial charge in [0.2, 0.25) is 0 Å². The molecule has 412 valence electrons. The van der Waals surface area contributed by atoms with Gasteiger partial charge in [-0.3, -0.25) is 4.98 Å². The van der Waals surface area contributed by atoms with Gasteiger partial charge >= 0.3 is 0 Å². The zero-order valence-corrected chi connectivity index (χ0v) is 51.2. The van der Waals surface area contributed by atoms with Crippen LogP contribution in [-0.2, 0) is 42.7 Å². The number of pyridine rings is 2. The summed E-state index contributed by atoms with van der Waals surface area (Å²) in [4.78, 5) is 12.1. The summed E-state index contributed by atoms with van der Waals surface area (Å²) in [6.07, 6.45) is 3.72. The fourth-order valence-corrected chi connectivity index (χ4v) is 11.8. The predicted molar refractivity (Wildman–Crippen MR) is 340 cm³/mol. The largest absolute Gasteiger partial charge is 0.521 e. The minimum absolute atomic E-state index is 0. The molecular formula is C75H68N5OPt-3. The van der Waals surface area contributed by atoms with E-state index < -0.39 is 0 Å². The average Bonchev–Trinajstić information content (AvgIpc) is 3.22. The van der Waals surface area contributed by atoms with E-state index in [1.54, 1.807) is 0 Å². The van der Waals surface area contributed by atoms with Crippen molar-refractivity contribution in [1.82, 2.24) is 19.1 Å². The second kappa shape index (κ2) is 20.1. The Bertz CT molecular complexity index is 4560. The van der Waals surface area contributed by atoms with E-state index in [1.165, 1.54) is 44.2 Å². The van der Waals surface area contributed by atoms with Crippen LogP contribution in [0.2, 0.25) is 0 Å². The first-order chi connectivity index (χ1) is 38.7. The Kier molecular flexibility index (Phi) is 13.3. The van der Waals surface area contributed by atoms with Crippen LogP contribution in [0.4, 0.5) is 11.5 Å². The van der Waals surface area contributed by atoms with Crippen molar-refractivity contribution in [3.05, 3.63) is 229 Å². The molecule has 0 atom stereocenters.